The van der Waals surface area contributed by atoms with Gasteiger partial charge in [0.25, 0.3) is 0 Å². The normalized spacial score (nSPS) is 16.8. The summed E-state index contributed by atoms with van der Waals surface area (Å²) in [5.41, 5.74) is 1.23. The number of rotatable bonds is 7. The third-order valence-corrected chi connectivity index (χ3v) is 5.59. The molecule has 0 radical (unpaired) electrons. The summed E-state index contributed by atoms with van der Waals surface area (Å²) in [7, 11) is -3.80. The lowest BCUT2D eigenvalue weighted by Crippen LogP contribution is -2.12. The van der Waals surface area contributed by atoms with Crippen LogP contribution >= 0.6 is 12.0 Å². The molecule has 8 heteroatoms. The highest BCUT2D eigenvalue weighted by Crippen LogP contribution is 2.33. The van der Waals surface area contributed by atoms with Gasteiger partial charge >= 0.3 is 10.1 Å². The van der Waals surface area contributed by atoms with Gasteiger partial charge in [0.2, 0.25) is 0 Å². The maximum atomic E-state index is 11.6. The molecule has 1 aliphatic carbocycles. The molecular weight excluding hydrogens is 316 g/mol. The van der Waals surface area contributed by atoms with Crippen molar-refractivity contribution in [2.24, 2.45) is 0 Å². The van der Waals surface area contributed by atoms with E-state index >= 15 is 0 Å². The van der Waals surface area contributed by atoms with Crippen molar-refractivity contribution in [3.05, 3.63) is 29.8 Å². The second kappa shape index (κ2) is 8.00. The van der Waals surface area contributed by atoms with Crippen LogP contribution in [0.1, 0.15) is 43.6 Å². The lowest BCUT2D eigenvalue weighted by Gasteiger charge is -2.22. The van der Waals surface area contributed by atoms with Crippen molar-refractivity contribution in [3.63, 3.8) is 0 Å². The standard InChI is InChI=1S/C13H18O6S2/c14-18-19-20-10-21(15,16)17-13-8-6-12(7-9-13)11-4-2-1-3-5-11/h6-9,11,14H,1-5,10H2. The highest BCUT2D eigenvalue weighted by molar-refractivity contribution is 8.08. The molecule has 6 nitrogen and oxygen atoms in total. The summed E-state index contributed by atoms with van der Waals surface area (Å²) in [6.07, 6.45) is 6.18. The Morgan fingerprint density at radius 2 is 1.81 bits per heavy atom. The average Bonchev–Trinajstić information content (AvgIpc) is 2.49. The summed E-state index contributed by atoms with van der Waals surface area (Å²) < 4.78 is 32.1. The maximum absolute atomic E-state index is 11.6. The van der Waals surface area contributed by atoms with Gasteiger partial charge in [-0.05, 0) is 36.5 Å². The fourth-order valence-corrected chi connectivity index (χ4v) is 3.77. The maximum Gasteiger partial charge on any atom is 0.321 e. The highest BCUT2D eigenvalue weighted by Gasteiger charge is 2.17. The van der Waals surface area contributed by atoms with Crippen LogP contribution in [0.2, 0.25) is 0 Å². The van der Waals surface area contributed by atoms with Gasteiger partial charge in [0.1, 0.15) is 5.75 Å². The van der Waals surface area contributed by atoms with Crippen molar-refractivity contribution in [1.82, 2.24) is 0 Å². The second-order valence-corrected chi connectivity index (χ2v) is 7.52. The quantitative estimate of drug-likeness (QED) is 0.269. The Labute approximate surface area is 128 Å². The number of benzene rings is 1. The smallest absolute Gasteiger partial charge is 0.321 e. The van der Waals surface area contributed by atoms with Crippen molar-refractivity contribution < 1.29 is 27.2 Å². The molecule has 0 atom stereocenters. The van der Waals surface area contributed by atoms with Crippen molar-refractivity contribution in [1.29, 1.82) is 0 Å². The number of hydrogen-bond donors (Lipinski definition) is 1. The molecule has 2 rings (SSSR count). The molecule has 0 aliphatic heterocycles. The predicted molar refractivity (Wildman–Crippen MR) is 79.1 cm³/mol. The Morgan fingerprint density at radius 1 is 1.14 bits per heavy atom. The molecule has 0 saturated heterocycles. The Kier molecular flexibility index (Phi) is 6.31. The Bertz CT molecular complexity index is 522. The fraction of sp³-hybridized carbons (Fsp3) is 0.538. The molecule has 0 spiro atoms. The topological polar surface area (TPSA) is 82.1 Å². The third kappa shape index (κ3) is 5.48. The van der Waals surface area contributed by atoms with Crippen LogP contribution in [0.25, 0.3) is 0 Å². The fourth-order valence-electron chi connectivity index (χ4n) is 2.50. The molecule has 0 bridgehead atoms. The molecule has 1 N–H and O–H groups in total. The zero-order valence-electron chi connectivity index (χ0n) is 11.4. The SMILES string of the molecule is O=S(=O)(CSOOO)Oc1ccc(C2CCCCC2)cc1. The van der Waals surface area contributed by atoms with Crippen molar-refractivity contribution >= 4 is 22.2 Å². The molecule has 1 aliphatic rings. The lowest BCUT2D eigenvalue weighted by molar-refractivity contribution is -0.432. The number of hydrogen-bond acceptors (Lipinski definition) is 7. The molecule has 1 saturated carbocycles. The van der Waals surface area contributed by atoms with Gasteiger partial charge in [-0.2, -0.15) is 8.42 Å². The van der Waals surface area contributed by atoms with Gasteiger partial charge in [-0.25, -0.2) is 5.26 Å². The Morgan fingerprint density at radius 3 is 2.43 bits per heavy atom. The first-order chi connectivity index (χ1) is 10.1. The van der Waals surface area contributed by atoms with Gasteiger partial charge in [-0.15, -0.1) is 4.33 Å². The van der Waals surface area contributed by atoms with Crippen molar-refractivity contribution in [2.45, 2.75) is 38.0 Å². The van der Waals surface area contributed by atoms with Crippen LogP contribution in [0.3, 0.4) is 0 Å². The molecule has 1 aromatic carbocycles. The molecule has 0 heterocycles. The van der Waals surface area contributed by atoms with Gasteiger partial charge in [-0.3, -0.25) is 0 Å². The van der Waals surface area contributed by atoms with Gasteiger partial charge in [0, 0.05) is 0 Å². The van der Waals surface area contributed by atoms with Gasteiger partial charge in [-0.1, -0.05) is 36.4 Å². The van der Waals surface area contributed by atoms with E-state index in [9.17, 15) is 8.42 Å². The van der Waals surface area contributed by atoms with Gasteiger partial charge < -0.3 is 4.18 Å². The summed E-state index contributed by atoms with van der Waals surface area (Å²) in [5, 5.41) is 10.8. The second-order valence-electron chi connectivity index (χ2n) is 4.92. The van der Waals surface area contributed by atoms with Crippen LogP contribution in [-0.4, -0.2) is 18.8 Å². The first kappa shape index (κ1) is 16.6. The van der Waals surface area contributed by atoms with Crippen LogP contribution in [0.4, 0.5) is 0 Å². The summed E-state index contributed by atoms with van der Waals surface area (Å²) in [5.74, 6) is 0.829. The molecule has 21 heavy (non-hydrogen) atoms. The van der Waals surface area contributed by atoms with E-state index in [-0.39, 0.29) is 5.75 Å². The Balaban J connectivity index is 1.92. The van der Waals surface area contributed by atoms with Crippen LogP contribution < -0.4 is 4.18 Å². The van der Waals surface area contributed by atoms with Crippen LogP contribution in [0.15, 0.2) is 24.3 Å². The highest BCUT2D eigenvalue weighted by atomic mass is 32.3. The van der Waals surface area contributed by atoms with E-state index in [1.54, 1.807) is 12.1 Å². The molecule has 118 valence electrons. The molecule has 1 aromatic rings. The van der Waals surface area contributed by atoms with E-state index in [1.165, 1.54) is 37.7 Å². The summed E-state index contributed by atoms with van der Waals surface area (Å²) in [4.78, 5) is 0. The van der Waals surface area contributed by atoms with Crippen molar-refractivity contribution in [3.8, 4) is 5.75 Å². The van der Waals surface area contributed by atoms with Gasteiger partial charge in [0.15, 0.2) is 5.08 Å². The monoisotopic (exact) mass is 334 g/mol. The summed E-state index contributed by atoms with van der Waals surface area (Å²) in [6, 6.07) is 7.16. The first-order valence-corrected chi connectivity index (χ1v) is 9.21. The van der Waals surface area contributed by atoms with Crippen LogP contribution in [-0.2, 0) is 19.5 Å². The lowest BCUT2D eigenvalue weighted by atomic mass is 9.84. The molecule has 0 aromatic heterocycles. The van der Waals surface area contributed by atoms with E-state index in [0.29, 0.717) is 18.0 Å². The summed E-state index contributed by atoms with van der Waals surface area (Å²) in [6.45, 7) is 0. The average molecular weight is 334 g/mol. The zero-order chi connectivity index (χ0) is 15.1. The molecule has 1 fully saturated rings. The third-order valence-electron chi connectivity index (χ3n) is 3.45. The summed E-state index contributed by atoms with van der Waals surface area (Å²) >= 11 is 0.420. The van der Waals surface area contributed by atoms with Gasteiger partial charge in [0.05, 0.1) is 12.0 Å². The Hall–Kier alpha value is -0.800. The minimum absolute atomic E-state index is 0.264. The molecule has 0 unspecified atom stereocenters. The molecule has 0 amide bonds. The van der Waals surface area contributed by atoms with E-state index in [0.717, 1.165) is 0 Å². The van der Waals surface area contributed by atoms with Crippen molar-refractivity contribution in [2.75, 3.05) is 5.08 Å². The zero-order valence-corrected chi connectivity index (χ0v) is 13.1. The largest absolute Gasteiger partial charge is 0.382 e. The van der Waals surface area contributed by atoms with E-state index < -0.39 is 15.2 Å². The van der Waals surface area contributed by atoms with Crippen LogP contribution in [0.5, 0.6) is 5.75 Å². The van der Waals surface area contributed by atoms with E-state index in [2.05, 4.69) is 9.37 Å². The minimum Gasteiger partial charge on any atom is -0.382 e. The van der Waals surface area contributed by atoms with Crippen LogP contribution in [0, 0.1) is 0 Å². The van der Waals surface area contributed by atoms with E-state index in [4.69, 9.17) is 9.44 Å². The molecular formula is C13H18O6S2. The van der Waals surface area contributed by atoms with E-state index in [1.807, 2.05) is 12.1 Å². The minimum atomic E-state index is -3.80. The predicted octanol–water partition coefficient (Wildman–Crippen LogP) is 3.47. The first-order valence-electron chi connectivity index (χ1n) is 6.72.